The topological polar surface area (TPSA) is 94.1 Å². The fourth-order valence-corrected chi connectivity index (χ4v) is 4.98. The highest BCUT2D eigenvalue weighted by atomic mass is 35.5. The van der Waals surface area contributed by atoms with Crippen LogP contribution in [0.5, 0.6) is 0 Å². The van der Waals surface area contributed by atoms with Crippen LogP contribution in [0.4, 0.5) is 19.6 Å². The van der Waals surface area contributed by atoms with E-state index in [-0.39, 0.29) is 36.2 Å². The number of rotatable bonds is 6. The van der Waals surface area contributed by atoms with Gasteiger partial charge in [-0.15, -0.1) is 0 Å². The number of nitrogens with one attached hydrogen (secondary N) is 2. The predicted octanol–water partition coefficient (Wildman–Crippen LogP) is 4.36. The third-order valence-electron chi connectivity index (χ3n) is 5.54. The summed E-state index contributed by atoms with van der Waals surface area (Å²) in [5, 5.41) is 19.8. The SMILES string of the molecule is CN(CCO)c1c(F)c(Cl)c(-c2ccc3nc(NC(=O)[C@@H]4C[C@@H]4F)sc3c2)c2cn[nH]c12. The first-order valence-electron chi connectivity index (χ1n) is 9.91. The number of halogens is 3. The molecule has 1 aliphatic carbocycles. The largest absolute Gasteiger partial charge is 0.395 e. The van der Waals surface area contributed by atoms with Crippen molar-refractivity contribution < 1.29 is 18.7 Å². The second kappa shape index (κ2) is 7.95. The average molecular weight is 478 g/mol. The Balaban J connectivity index is 1.57. The maximum atomic E-state index is 15.3. The molecule has 0 radical (unpaired) electrons. The van der Waals surface area contributed by atoms with Crippen LogP contribution in [0.3, 0.4) is 0 Å². The molecule has 3 N–H and O–H groups in total. The second-order valence-electron chi connectivity index (χ2n) is 7.70. The summed E-state index contributed by atoms with van der Waals surface area (Å²) in [6.45, 7) is 0.0879. The van der Waals surface area contributed by atoms with Gasteiger partial charge in [0.25, 0.3) is 0 Å². The summed E-state index contributed by atoms with van der Waals surface area (Å²) >= 11 is 7.73. The number of fused-ring (bicyclic) bond motifs is 2. The minimum atomic E-state index is -1.08. The van der Waals surface area contributed by atoms with Crippen molar-refractivity contribution in [1.29, 1.82) is 0 Å². The van der Waals surface area contributed by atoms with Crippen LogP contribution in [-0.2, 0) is 4.79 Å². The van der Waals surface area contributed by atoms with Gasteiger partial charge in [-0.1, -0.05) is 29.0 Å². The quantitative estimate of drug-likeness (QED) is 0.383. The highest BCUT2D eigenvalue weighted by Crippen LogP contribution is 2.43. The molecule has 0 spiro atoms. The lowest BCUT2D eigenvalue weighted by Gasteiger charge is -2.21. The molecular formula is C21H18ClF2N5O2S. The fourth-order valence-electron chi connectivity index (χ4n) is 3.77. The molecule has 2 atom stereocenters. The summed E-state index contributed by atoms with van der Waals surface area (Å²) < 4.78 is 29.2. The Hall–Kier alpha value is -2.82. The Morgan fingerprint density at radius 2 is 2.25 bits per heavy atom. The van der Waals surface area contributed by atoms with E-state index in [2.05, 4.69) is 20.5 Å². The van der Waals surface area contributed by atoms with Gasteiger partial charge in [-0.3, -0.25) is 9.89 Å². The summed E-state index contributed by atoms with van der Waals surface area (Å²) in [6, 6.07) is 5.36. The molecule has 1 fully saturated rings. The molecule has 1 aliphatic rings. The van der Waals surface area contributed by atoms with Crippen LogP contribution < -0.4 is 10.2 Å². The number of hydrogen-bond acceptors (Lipinski definition) is 6. The number of hydrogen-bond donors (Lipinski definition) is 3. The van der Waals surface area contributed by atoms with Crippen LogP contribution in [0, 0.1) is 11.7 Å². The van der Waals surface area contributed by atoms with E-state index in [1.54, 1.807) is 30.3 Å². The summed E-state index contributed by atoms with van der Waals surface area (Å²) in [6.07, 6.45) is 0.747. The second-order valence-corrected chi connectivity index (χ2v) is 9.11. The number of H-pyrrole nitrogens is 1. The number of thiazole rings is 1. The van der Waals surface area contributed by atoms with Crippen molar-refractivity contribution >= 4 is 60.8 Å². The fraction of sp³-hybridized carbons (Fsp3) is 0.286. The molecule has 0 aliphatic heterocycles. The lowest BCUT2D eigenvalue weighted by Crippen LogP contribution is -2.22. The summed E-state index contributed by atoms with van der Waals surface area (Å²) in [5.74, 6) is -1.59. The van der Waals surface area contributed by atoms with E-state index in [0.29, 0.717) is 32.7 Å². The molecule has 2 heterocycles. The number of alkyl halides is 1. The zero-order valence-electron chi connectivity index (χ0n) is 16.8. The number of likely N-dealkylation sites (N-methyl/N-ethyl adjacent to an activating group) is 1. The molecule has 1 saturated carbocycles. The van der Waals surface area contributed by atoms with E-state index < -0.39 is 17.9 Å². The zero-order valence-corrected chi connectivity index (χ0v) is 18.4. The number of aliphatic hydroxyl groups is 1. The molecule has 4 aromatic rings. The van der Waals surface area contributed by atoms with Gasteiger partial charge in [0.05, 0.1) is 39.5 Å². The summed E-state index contributed by atoms with van der Waals surface area (Å²) in [5.41, 5.74) is 2.50. The van der Waals surface area contributed by atoms with Gasteiger partial charge in [-0.25, -0.2) is 13.8 Å². The van der Waals surface area contributed by atoms with Gasteiger partial charge < -0.3 is 15.3 Å². The van der Waals surface area contributed by atoms with Gasteiger partial charge in [-0.05, 0) is 24.1 Å². The third-order valence-corrected chi connectivity index (χ3v) is 6.83. The minimum Gasteiger partial charge on any atom is -0.395 e. The van der Waals surface area contributed by atoms with Crippen LogP contribution in [-0.4, -0.2) is 52.6 Å². The van der Waals surface area contributed by atoms with E-state index in [4.69, 9.17) is 11.6 Å². The van der Waals surface area contributed by atoms with Crippen LogP contribution in [0.25, 0.3) is 32.2 Å². The average Bonchev–Trinajstić information content (AvgIpc) is 3.12. The van der Waals surface area contributed by atoms with Gasteiger partial charge in [0.15, 0.2) is 10.9 Å². The van der Waals surface area contributed by atoms with Crippen molar-refractivity contribution in [2.75, 3.05) is 30.4 Å². The maximum Gasteiger partial charge on any atom is 0.232 e. The van der Waals surface area contributed by atoms with Gasteiger partial charge in [0.1, 0.15) is 11.9 Å². The van der Waals surface area contributed by atoms with Crippen LogP contribution >= 0.6 is 22.9 Å². The molecule has 2 aromatic carbocycles. The molecular weight excluding hydrogens is 460 g/mol. The number of amides is 1. The van der Waals surface area contributed by atoms with E-state index >= 15 is 4.39 Å². The Bertz CT molecular complexity index is 1360. The molecule has 11 heteroatoms. The van der Waals surface area contributed by atoms with Crippen molar-refractivity contribution in [3.8, 4) is 11.1 Å². The Kier molecular flexibility index (Phi) is 5.23. The minimum absolute atomic E-state index is 0.0567. The first-order valence-corrected chi connectivity index (χ1v) is 11.1. The Morgan fingerprint density at radius 1 is 1.47 bits per heavy atom. The molecule has 32 heavy (non-hydrogen) atoms. The van der Waals surface area contributed by atoms with E-state index in [1.807, 2.05) is 6.07 Å². The molecule has 0 unspecified atom stereocenters. The molecule has 7 nitrogen and oxygen atoms in total. The van der Waals surface area contributed by atoms with E-state index in [9.17, 15) is 14.3 Å². The molecule has 0 saturated heterocycles. The molecule has 166 valence electrons. The third kappa shape index (κ3) is 3.48. The van der Waals surface area contributed by atoms with Crippen molar-refractivity contribution in [2.45, 2.75) is 12.6 Å². The van der Waals surface area contributed by atoms with Gasteiger partial charge >= 0.3 is 0 Å². The molecule has 2 aromatic heterocycles. The highest BCUT2D eigenvalue weighted by molar-refractivity contribution is 7.22. The predicted molar refractivity (Wildman–Crippen MR) is 122 cm³/mol. The Labute approximate surface area is 190 Å². The molecule has 1 amide bonds. The van der Waals surface area contributed by atoms with E-state index in [0.717, 1.165) is 4.70 Å². The lowest BCUT2D eigenvalue weighted by molar-refractivity contribution is -0.117. The number of carbonyl (C=O) groups is 1. The summed E-state index contributed by atoms with van der Waals surface area (Å²) in [7, 11) is 1.66. The van der Waals surface area contributed by atoms with Gasteiger partial charge in [-0.2, -0.15) is 5.10 Å². The smallest absolute Gasteiger partial charge is 0.232 e. The van der Waals surface area contributed by atoms with Crippen molar-refractivity contribution in [1.82, 2.24) is 15.2 Å². The number of aliphatic hydroxyl groups excluding tert-OH is 1. The number of aromatic amines is 1. The van der Waals surface area contributed by atoms with Crippen LogP contribution in [0.2, 0.25) is 5.02 Å². The van der Waals surface area contributed by atoms with Crippen molar-refractivity contribution in [3.05, 3.63) is 35.2 Å². The normalized spacial score (nSPS) is 17.8. The number of anilines is 2. The number of nitrogens with zero attached hydrogens (tertiary/aromatic N) is 3. The Morgan fingerprint density at radius 3 is 2.97 bits per heavy atom. The molecule has 0 bridgehead atoms. The molecule has 5 rings (SSSR count). The van der Waals surface area contributed by atoms with Gasteiger partial charge in [0.2, 0.25) is 5.91 Å². The number of carbonyl (C=O) groups excluding carboxylic acids is 1. The zero-order chi connectivity index (χ0) is 22.6. The lowest BCUT2D eigenvalue weighted by atomic mass is 10.00. The van der Waals surface area contributed by atoms with E-state index in [1.165, 1.54) is 11.3 Å². The summed E-state index contributed by atoms with van der Waals surface area (Å²) in [4.78, 5) is 18.0. The van der Waals surface area contributed by atoms with Crippen LogP contribution in [0.1, 0.15) is 6.42 Å². The number of aromatic nitrogens is 3. The first kappa shape index (κ1) is 21.0. The van der Waals surface area contributed by atoms with Crippen LogP contribution in [0.15, 0.2) is 24.4 Å². The van der Waals surface area contributed by atoms with Gasteiger partial charge in [0, 0.05) is 24.5 Å². The standard InChI is InChI=1S/C21H18ClF2N5O2S/c1-29(4-5-30)19-17(24)16(22)15(11-8-25-28-18(11)19)9-2-3-13-14(6-9)32-21(26-13)27-20(31)10-7-12(10)23/h2-3,6,8,10,12,30H,4-5,7H2,1H3,(H,25,28)(H,26,27,31)/t10-,12+/m1/s1. The maximum absolute atomic E-state index is 15.3. The van der Waals surface area contributed by atoms with Crippen molar-refractivity contribution in [2.24, 2.45) is 5.92 Å². The first-order chi connectivity index (χ1) is 15.4. The van der Waals surface area contributed by atoms with Crippen molar-refractivity contribution in [3.63, 3.8) is 0 Å². The highest BCUT2D eigenvalue weighted by Gasteiger charge is 2.43. The number of benzene rings is 2. The monoisotopic (exact) mass is 477 g/mol.